The van der Waals surface area contributed by atoms with Crippen molar-refractivity contribution in [2.75, 3.05) is 13.6 Å². The Balaban J connectivity index is 0.00000192. The summed E-state index contributed by atoms with van der Waals surface area (Å²) in [6.07, 6.45) is 3.09. The Hall–Kier alpha value is -1.23. The van der Waals surface area contributed by atoms with Crippen LogP contribution in [0.1, 0.15) is 28.8 Å². The van der Waals surface area contributed by atoms with Gasteiger partial charge in [-0.15, -0.1) is 45.5 Å². The van der Waals surface area contributed by atoms with Gasteiger partial charge in [-0.05, 0) is 13.3 Å². The highest BCUT2D eigenvalue weighted by Gasteiger charge is 2.16. The normalized spacial score (nSPS) is 13.6. The number of hydrogen-bond donors (Lipinski definition) is 2. The summed E-state index contributed by atoms with van der Waals surface area (Å²) < 4.78 is 2.19. The maximum absolute atomic E-state index is 4.46. The van der Waals surface area contributed by atoms with E-state index >= 15 is 0 Å². The minimum Gasteiger partial charge on any atom is -0.356 e. The van der Waals surface area contributed by atoms with Crippen LogP contribution in [0.3, 0.4) is 0 Å². The van der Waals surface area contributed by atoms with Crippen molar-refractivity contribution in [2.24, 2.45) is 4.99 Å². The van der Waals surface area contributed by atoms with Gasteiger partial charge in [-0.2, -0.15) is 0 Å². The van der Waals surface area contributed by atoms with Crippen molar-refractivity contribution < 1.29 is 0 Å². The molecule has 2 aromatic heterocycles. The second-order valence-corrected chi connectivity index (χ2v) is 6.31. The molecule has 1 aliphatic heterocycles. The molecule has 0 saturated heterocycles. The van der Waals surface area contributed by atoms with E-state index in [4.69, 9.17) is 0 Å². The van der Waals surface area contributed by atoms with E-state index in [2.05, 4.69) is 40.8 Å². The number of hydrogen-bond acceptors (Lipinski definition) is 5. The molecule has 0 unspecified atom stereocenters. The third-order valence-corrected chi connectivity index (χ3v) is 4.49. The number of nitrogens with zero attached hydrogens (tertiary/aromatic N) is 5. The van der Waals surface area contributed by atoms with E-state index in [0.29, 0.717) is 6.54 Å². The van der Waals surface area contributed by atoms with Gasteiger partial charge in [-0.25, -0.2) is 4.98 Å². The van der Waals surface area contributed by atoms with Gasteiger partial charge < -0.3 is 15.2 Å². The lowest BCUT2D eigenvalue weighted by Gasteiger charge is -2.11. The fourth-order valence-electron chi connectivity index (χ4n) is 2.56. The Morgan fingerprint density at radius 3 is 3.00 bits per heavy atom. The highest BCUT2D eigenvalue weighted by molar-refractivity contribution is 14.0. The smallest absolute Gasteiger partial charge is 0.191 e. The number of guanidine groups is 1. The minimum atomic E-state index is 0. The number of thiazole rings is 1. The molecule has 0 bridgehead atoms. The molecule has 2 N–H and O–H groups in total. The number of aliphatic imine (C=N–C) groups is 1. The Labute approximate surface area is 157 Å². The van der Waals surface area contributed by atoms with Crippen molar-refractivity contribution in [2.45, 2.75) is 39.3 Å². The van der Waals surface area contributed by atoms with E-state index < -0.39 is 0 Å². The molecule has 2 aromatic rings. The van der Waals surface area contributed by atoms with Crippen LogP contribution >= 0.6 is 35.3 Å². The minimum absolute atomic E-state index is 0. The van der Waals surface area contributed by atoms with Crippen molar-refractivity contribution in [1.29, 1.82) is 0 Å². The maximum atomic E-state index is 4.46. The first-order valence-electron chi connectivity index (χ1n) is 7.52. The predicted octanol–water partition coefficient (Wildman–Crippen LogP) is 1.51. The van der Waals surface area contributed by atoms with Crippen LogP contribution in [0.2, 0.25) is 0 Å². The topological polar surface area (TPSA) is 80.0 Å². The lowest BCUT2D eigenvalue weighted by atomic mass is 10.3. The molecule has 0 aromatic carbocycles. The molecule has 0 saturated carbocycles. The van der Waals surface area contributed by atoms with Crippen LogP contribution in [0.15, 0.2) is 10.4 Å². The second kappa shape index (κ2) is 8.57. The largest absolute Gasteiger partial charge is 0.356 e. The van der Waals surface area contributed by atoms with Crippen LogP contribution in [-0.2, 0) is 25.9 Å². The molecule has 0 spiro atoms. The SMILES string of the molecule is CN=C(NCCc1csc(C)n1)NCc1nnc2n1CCC2.I. The van der Waals surface area contributed by atoms with Gasteiger partial charge in [0.2, 0.25) is 0 Å². The van der Waals surface area contributed by atoms with Gasteiger partial charge >= 0.3 is 0 Å². The van der Waals surface area contributed by atoms with Gasteiger partial charge in [0.05, 0.1) is 17.2 Å². The summed E-state index contributed by atoms with van der Waals surface area (Å²) >= 11 is 1.69. The van der Waals surface area contributed by atoms with Crippen molar-refractivity contribution >= 4 is 41.3 Å². The molecule has 7 nitrogen and oxygen atoms in total. The number of aryl methyl sites for hydroxylation is 2. The molecule has 23 heavy (non-hydrogen) atoms. The maximum Gasteiger partial charge on any atom is 0.191 e. The highest BCUT2D eigenvalue weighted by atomic mass is 127. The zero-order valence-electron chi connectivity index (χ0n) is 13.4. The van der Waals surface area contributed by atoms with Crippen LogP contribution < -0.4 is 10.6 Å². The Morgan fingerprint density at radius 2 is 2.26 bits per heavy atom. The van der Waals surface area contributed by atoms with Crippen molar-refractivity contribution in [1.82, 2.24) is 30.4 Å². The second-order valence-electron chi connectivity index (χ2n) is 5.25. The fraction of sp³-hybridized carbons (Fsp3) is 0.571. The fourth-order valence-corrected chi connectivity index (χ4v) is 3.20. The van der Waals surface area contributed by atoms with Gasteiger partial charge in [0.25, 0.3) is 0 Å². The molecule has 0 amide bonds. The first-order valence-corrected chi connectivity index (χ1v) is 8.40. The summed E-state index contributed by atoms with van der Waals surface area (Å²) in [5.74, 6) is 2.85. The summed E-state index contributed by atoms with van der Waals surface area (Å²) in [6.45, 7) is 4.50. The van der Waals surface area contributed by atoms with Gasteiger partial charge in [-0.1, -0.05) is 0 Å². The van der Waals surface area contributed by atoms with E-state index in [1.165, 1.54) is 0 Å². The van der Waals surface area contributed by atoms with Crippen LogP contribution in [0.5, 0.6) is 0 Å². The molecule has 3 rings (SSSR count). The average Bonchev–Trinajstić information content (AvgIpc) is 3.20. The number of aromatic nitrogens is 4. The number of halogens is 1. The molecular formula is C14H22IN7S. The summed E-state index contributed by atoms with van der Waals surface area (Å²) in [4.78, 5) is 8.69. The lowest BCUT2D eigenvalue weighted by Crippen LogP contribution is -2.38. The number of nitrogens with one attached hydrogen (secondary N) is 2. The van der Waals surface area contributed by atoms with E-state index in [-0.39, 0.29) is 24.0 Å². The monoisotopic (exact) mass is 447 g/mol. The van der Waals surface area contributed by atoms with Crippen molar-refractivity contribution in [3.05, 3.63) is 27.7 Å². The third kappa shape index (κ3) is 4.63. The zero-order chi connectivity index (χ0) is 15.4. The van der Waals surface area contributed by atoms with Gasteiger partial charge in [0, 0.05) is 38.4 Å². The number of rotatable bonds is 5. The standard InChI is InChI=1S/C14H21N7S.HI/c1-10-18-11(9-22-10)5-6-16-14(15-2)17-8-13-20-19-12-4-3-7-21(12)13;/h9H,3-8H2,1-2H3,(H2,15,16,17);1H. The predicted molar refractivity (Wildman–Crippen MR) is 103 cm³/mol. The quantitative estimate of drug-likeness (QED) is 0.413. The third-order valence-electron chi connectivity index (χ3n) is 3.66. The first kappa shape index (κ1) is 18.1. The van der Waals surface area contributed by atoms with Crippen molar-refractivity contribution in [3.8, 4) is 0 Å². The number of fused-ring (bicyclic) bond motifs is 1. The zero-order valence-corrected chi connectivity index (χ0v) is 16.5. The van der Waals surface area contributed by atoms with Crippen LogP contribution in [0.4, 0.5) is 0 Å². The van der Waals surface area contributed by atoms with Crippen LogP contribution in [0.25, 0.3) is 0 Å². The molecule has 9 heteroatoms. The molecule has 0 aliphatic carbocycles. The highest BCUT2D eigenvalue weighted by Crippen LogP contribution is 2.13. The van der Waals surface area contributed by atoms with E-state index in [1.807, 2.05) is 6.92 Å². The van der Waals surface area contributed by atoms with Gasteiger partial charge in [-0.3, -0.25) is 4.99 Å². The molecule has 126 valence electrons. The Kier molecular flexibility index (Phi) is 6.75. The molecule has 1 aliphatic rings. The molecule has 3 heterocycles. The van der Waals surface area contributed by atoms with E-state index in [9.17, 15) is 0 Å². The van der Waals surface area contributed by atoms with Crippen LogP contribution in [-0.4, -0.2) is 39.3 Å². The van der Waals surface area contributed by atoms with E-state index in [0.717, 1.165) is 60.7 Å². The lowest BCUT2D eigenvalue weighted by molar-refractivity contribution is 0.662. The van der Waals surface area contributed by atoms with Gasteiger partial charge in [0.1, 0.15) is 5.82 Å². The molecule has 0 fully saturated rings. The van der Waals surface area contributed by atoms with E-state index in [1.54, 1.807) is 18.4 Å². The van der Waals surface area contributed by atoms with Crippen molar-refractivity contribution in [3.63, 3.8) is 0 Å². The summed E-state index contributed by atoms with van der Waals surface area (Å²) in [5.41, 5.74) is 1.13. The first-order chi connectivity index (χ1) is 10.8. The Morgan fingerprint density at radius 1 is 1.39 bits per heavy atom. The summed E-state index contributed by atoms with van der Waals surface area (Å²) in [6, 6.07) is 0. The van der Waals surface area contributed by atoms with Gasteiger partial charge in [0.15, 0.2) is 11.8 Å². The molecule has 0 radical (unpaired) electrons. The Bertz CT molecular complexity index is 664. The average molecular weight is 447 g/mol. The molecular weight excluding hydrogens is 425 g/mol. The summed E-state index contributed by atoms with van der Waals surface area (Å²) in [7, 11) is 1.77. The van der Waals surface area contributed by atoms with Crippen LogP contribution in [0, 0.1) is 6.92 Å². The molecule has 0 atom stereocenters. The summed E-state index contributed by atoms with van der Waals surface area (Å²) in [5, 5.41) is 18.3.